The molecule has 0 amide bonds. The number of ether oxygens (including phenoxy) is 1. The van der Waals surface area contributed by atoms with Crippen LogP contribution in [0.15, 0.2) is 77.8 Å². The second kappa shape index (κ2) is 7.32. The van der Waals surface area contributed by atoms with Crippen molar-refractivity contribution in [3.8, 4) is 11.5 Å². The molecule has 23 heavy (non-hydrogen) atoms. The molecule has 0 radical (unpaired) electrons. The highest BCUT2D eigenvalue weighted by Gasteiger charge is 1.99. The molecule has 0 saturated carbocycles. The van der Waals surface area contributed by atoms with Crippen LogP contribution in [0.5, 0.6) is 11.5 Å². The van der Waals surface area contributed by atoms with Crippen LogP contribution in [-0.2, 0) is 0 Å². The highest BCUT2D eigenvalue weighted by atomic mass is 35.5. The summed E-state index contributed by atoms with van der Waals surface area (Å²) in [6.07, 6.45) is 1.71. The fraction of sp³-hybridized carbons (Fsp3) is 0. The SMILES string of the molecule is Clc1ccc(C=Nc2ccc(Oc3ccccc3)cc2)c(Cl)c1. The van der Waals surface area contributed by atoms with Crippen LogP contribution in [0.25, 0.3) is 0 Å². The van der Waals surface area contributed by atoms with Crippen LogP contribution < -0.4 is 4.74 Å². The zero-order valence-corrected chi connectivity index (χ0v) is 13.6. The molecular weight excluding hydrogens is 329 g/mol. The lowest BCUT2D eigenvalue weighted by molar-refractivity contribution is 0.483. The van der Waals surface area contributed by atoms with E-state index < -0.39 is 0 Å². The van der Waals surface area contributed by atoms with Crippen LogP contribution in [0.3, 0.4) is 0 Å². The maximum atomic E-state index is 6.12. The number of halogens is 2. The molecule has 0 fully saturated rings. The molecule has 3 aromatic rings. The quantitative estimate of drug-likeness (QED) is 0.494. The van der Waals surface area contributed by atoms with Gasteiger partial charge in [-0.25, -0.2) is 0 Å². The van der Waals surface area contributed by atoms with E-state index in [9.17, 15) is 0 Å². The molecule has 2 nitrogen and oxygen atoms in total. The van der Waals surface area contributed by atoms with E-state index in [-0.39, 0.29) is 0 Å². The molecule has 0 bridgehead atoms. The molecule has 4 heteroatoms. The molecule has 0 aliphatic rings. The number of nitrogens with zero attached hydrogens (tertiary/aromatic N) is 1. The standard InChI is InChI=1S/C19H13Cl2NO/c20-15-7-6-14(19(21)12-15)13-22-16-8-10-18(11-9-16)23-17-4-2-1-3-5-17/h1-13H. The van der Waals surface area contributed by atoms with Crippen molar-refractivity contribution in [3.05, 3.63) is 88.4 Å². The number of benzene rings is 3. The average molecular weight is 342 g/mol. The van der Waals surface area contributed by atoms with Gasteiger partial charge in [-0.1, -0.05) is 47.5 Å². The number of hydrogen-bond acceptors (Lipinski definition) is 2. The Kier molecular flexibility index (Phi) is 4.96. The summed E-state index contributed by atoms with van der Waals surface area (Å²) in [6.45, 7) is 0. The van der Waals surface area contributed by atoms with Crippen molar-refractivity contribution >= 4 is 35.1 Å². The first-order chi connectivity index (χ1) is 11.2. The van der Waals surface area contributed by atoms with Crippen molar-refractivity contribution in [2.75, 3.05) is 0 Å². The summed E-state index contributed by atoms with van der Waals surface area (Å²) in [5, 5.41) is 1.18. The average Bonchev–Trinajstić information content (AvgIpc) is 2.56. The van der Waals surface area contributed by atoms with E-state index in [2.05, 4.69) is 4.99 Å². The summed E-state index contributed by atoms with van der Waals surface area (Å²) in [7, 11) is 0. The zero-order valence-electron chi connectivity index (χ0n) is 12.1. The Morgan fingerprint density at radius 1 is 0.783 bits per heavy atom. The van der Waals surface area contributed by atoms with Crippen molar-refractivity contribution in [1.82, 2.24) is 0 Å². The van der Waals surface area contributed by atoms with Gasteiger partial charge in [0.2, 0.25) is 0 Å². The molecule has 0 saturated heterocycles. The molecule has 0 aliphatic carbocycles. The van der Waals surface area contributed by atoms with E-state index in [1.165, 1.54) is 0 Å². The van der Waals surface area contributed by atoms with Crippen molar-refractivity contribution in [3.63, 3.8) is 0 Å². The lowest BCUT2D eigenvalue weighted by Crippen LogP contribution is -1.84. The fourth-order valence-corrected chi connectivity index (χ4v) is 2.43. The third-order valence-corrected chi connectivity index (χ3v) is 3.69. The smallest absolute Gasteiger partial charge is 0.127 e. The van der Waals surface area contributed by atoms with Crippen LogP contribution >= 0.6 is 23.2 Å². The van der Waals surface area contributed by atoms with Gasteiger partial charge in [0.25, 0.3) is 0 Å². The van der Waals surface area contributed by atoms with Crippen LogP contribution in [-0.4, -0.2) is 6.21 Å². The molecule has 3 rings (SSSR count). The van der Waals surface area contributed by atoms with Gasteiger partial charge in [0, 0.05) is 16.8 Å². The first kappa shape index (κ1) is 15.6. The van der Waals surface area contributed by atoms with E-state index in [0.717, 1.165) is 22.7 Å². The Morgan fingerprint density at radius 3 is 2.17 bits per heavy atom. The molecule has 0 atom stereocenters. The van der Waals surface area contributed by atoms with Gasteiger partial charge in [-0.2, -0.15) is 0 Å². The molecular formula is C19H13Cl2NO. The maximum Gasteiger partial charge on any atom is 0.127 e. The van der Waals surface area contributed by atoms with Gasteiger partial charge >= 0.3 is 0 Å². The minimum atomic E-state index is 0.574. The molecule has 0 N–H and O–H groups in total. The highest BCUT2D eigenvalue weighted by Crippen LogP contribution is 2.24. The molecule has 0 heterocycles. The van der Waals surface area contributed by atoms with Gasteiger partial charge in [0.1, 0.15) is 11.5 Å². The molecule has 114 valence electrons. The minimum absolute atomic E-state index is 0.574. The summed E-state index contributed by atoms with van der Waals surface area (Å²) < 4.78 is 5.74. The summed E-state index contributed by atoms with van der Waals surface area (Å²) >= 11 is 12.0. The van der Waals surface area contributed by atoms with Gasteiger partial charge in [-0.05, 0) is 48.5 Å². The number of rotatable bonds is 4. The third-order valence-electron chi connectivity index (χ3n) is 3.13. The van der Waals surface area contributed by atoms with Crippen molar-refractivity contribution < 1.29 is 4.74 Å². The Balaban J connectivity index is 1.71. The second-order valence-corrected chi connectivity index (χ2v) is 5.68. The topological polar surface area (TPSA) is 21.6 Å². The van der Waals surface area contributed by atoms with Gasteiger partial charge in [0.05, 0.1) is 10.7 Å². The lowest BCUT2D eigenvalue weighted by Gasteiger charge is -2.05. The van der Waals surface area contributed by atoms with E-state index in [1.807, 2.05) is 60.7 Å². The van der Waals surface area contributed by atoms with Crippen molar-refractivity contribution in [2.45, 2.75) is 0 Å². The van der Waals surface area contributed by atoms with Crippen LogP contribution in [0.4, 0.5) is 5.69 Å². The zero-order chi connectivity index (χ0) is 16.1. The summed E-state index contributed by atoms with van der Waals surface area (Å²) in [4.78, 5) is 4.41. The summed E-state index contributed by atoms with van der Waals surface area (Å²) in [5.41, 5.74) is 1.64. The van der Waals surface area contributed by atoms with Gasteiger partial charge in [-0.15, -0.1) is 0 Å². The largest absolute Gasteiger partial charge is 0.457 e. The van der Waals surface area contributed by atoms with E-state index >= 15 is 0 Å². The van der Waals surface area contributed by atoms with Gasteiger partial charge < -0.3 is 4.74 Å². The normalized spacial score (nSPS) is 10.9. The van der Waals surface area contributed by atoms with Crippen LogP contribution in [0, 0.1) is 0 Å². The number of hydrogen-bond donors (Lipinski definition) is 0. The molecule has 0 unspecified atom stereocenters. The Labute approximate surface area is 145 Å². The summed E-state index contributed by atoms with van der Waals surface area (Å²) in [5.74, 6) is 1.57. The predicted molar refractivity (Wildman–Crippen MR) is 96.7 cm³/mol. The molecule has 0 aromatic heterocycles. The third kappa shape index (κ3) is 4.35. The monoisotopic (exact) mass is 341 g/mol. The molecule has 3 aromatic carbocycles. The first-order valence-corrected chi connectivity index (χ1v) is 7.78. The van der Waals surface area contributed by atoms with E-state index in [0.29, 0.717) is 10.0 Å². The van der Waals surface area contributed by atoms with Crippen molar-refractivity contribution in [1.29, 1.82) is 0 Å². The van der Waals surface area contributed by atoms with E-state index in [4.69, 9.17) is 27.9 Å². The van der Waals surface area contributed by atoms with Crippen molar-refractivity contribution in [2.24, 2.45) is 4.99 Å². The Bertz CT molecular complexity index is 815. The summed E-state index contributed by atoms with van der Waals surface area (Å²) in [6, 6.07) is 22.5. The van der Waals surface area contributed by atoms with Crippen LogP contribution in [0.1, 0.15) is 5.56 Å². The van der Waals surface area contributed by atoms with Crippen LogP contribution in [0.2, 0.25) is 10.0 Å². The minimum Gasteiger partial charge on any atom is -0.457 e. The second-order valence-electron chi connectivity index (χ2n) is 4.83. The highest BCUT2D eigenvalue weighted by molar-refractivity contribution is 6.36. The molecule has 0 aliphatic heterocycles. The first-order valence-electron chi connectivity index (χ1n) is 7.03. The Morgan fingerprint density at radius 2 is 1.48 bits per heavy atom. The fourth-order valence-electron chi connectivity index (χ4n) is 1.98. The maximum absolute atomic E-state index is 6.12. The number of para-hydroxylation sites is 1. The van der Waals surface area contributed by atoms with Gasteiger partial charge in [-0.3, -0.25) is 4.99 Å². The predicted octanol–water partition coefficient (Wildman–Crippen LogP) is 6.54. The lowest BCUT2D eigenvalue weighted by atomic mass is 10.2. The van der Waals surface area contributed by atoms with E-state index in [1.54, 1.807) is 18.3 Å². The Hall–Kier alpha value is -2.29. The number of aliphatic imine (C=N–C) groups is 1. The van der Waals surface area contributed by atoms with Gasteiger partial charge in [0.15, 0.2) is 0 Å². The molecule has 0 spiro atoms.